The van der Waals surface area contributed by atoms with Crippen molar-refractivity contribution in [3.63, 3.8) is 0 Å². The van der Waals surface area contributed by atoms with E-state index in [-0.39, 0.29) is 18.9 Å². The maximum Gasteiger partial charge on any atom is 0.334 e. The number of rotatable bonds is 7. The number of benzene rings is 1. The molecule has 1 fully saturated rings. The van der Waals surface area contributed by atoms with E-state index in [1.54, 1.807) is 18.2 Å². The first kappa shape index (κ1) is 19.8. The van der Waals surface area contributed by atoms with Crippen molar-refractivity contribution in [1.29, 1.82) is 0 Å². The minimum Gasteiger partial charge on any atom is -0.496 e. The summed E-state index contributed by atoms with van der Waals surface area (Å²) in [4.78, 5) is 51.0. The van der Waals surface area contributed by atoms with Gasteiger partial charge in [0.1, 0.15) is 5.75 Å². The number of ketones is 1. The number of carbonyl (C=O) groups is 4. The van der Waals surface area contributed by atoms with Crippen molar-refractivity contribution in [2.24, 2.45) is 0 Å². The lowest BCUT2D eigenvalue weighted by Crippen LogP contribution is -2.34. The van der Waals surface area contributed by atoms with Crippen LogP contribution in [0.5, 0.6) is 5.75 Å². The lowest BCUT2D eigenvalue weighted by Gasteiger charge is -2.18. The molecule has 1 saturated heterocycles. The zero-order chi connectivity index (χ0) is 20.3. The van der Waals surface area contributed by atoms with Gasteiger partial charge in [-0.05, 0) is 57.2 Å². The number of allylic oxidation sites excluding steroid dienone is 1. The summed E-state index contributed by atoms with van der Waals surface area (Å²) in [5.41, 5.74) is 2.18. The van der Waals surface area contributed by atoms with Crippen molar-refractivity contribution in [3.05, 3.63) is 41.0 Å². The molecule has 0 N–H and O–H groups in total. The van der Waals surface area contributed by atoms with Gasteiger partial charge < -0.3 is 4.74 Å². The summed E-state index contributed by atoms with van der Waals surface area (Å²) >= 11 is 0. The molecule has 0 unspecified atom stereocenters. The molecule has 7 nitrogen and oxygen atoms in total. The normalized spacial score (nSPS) is 17.2. The van der Waals surface area contributed by atoms with Crippen molar-refractivity contribution in [2.75, 3.05) is 13.7 Å². The fraction of sp³-hybridized carbons (Fsp3) is 0.429. The number of imide groups is 2. The summed E-state index contributed by atoms with van der Waals surface area (Å²) in [5.74, 6) is -1.34. The van der Waals surface area contributed by atoms with Gasteiger partial charge in [0.2, 0.25) is 0 Å². The van der Waals surface area contributed by atoms with Crippen molar-refractivity contribution in [1.82, 2.24) is 9.80 Å². The average Bonchev–Trinajstić information content (AvgIpc) is 2.90. The van der Waals surface area contributed by atoms with E-state index in [0.29, 0.717) is 23.3 Å². The Labute approximate surface area is 163 Å². The molecule has 1 heterocycles. The molecular formula is C21H24N2O5. The van der Waals surface area contributed by atoms with Gasteiger partial charge >= 0.3 is 17.8 Å². The molecule has 1 aliphatic heterocycles. The van der Waals surface area contributed by atoms with Crippen LogP contribution in [0.15, 0.2) is 29.8 Å². The first-order chi connectivity index (χ1) is 13.4. The first-order valence-electron chi connectivity index (χ1n) is 9.45. The van der Waals surface area contributed by atoms with E-state index in [9.17, 15) is 19.2 Å². The highest BCUT2D eigenvalue weighted by atomic mass is 16.5. The summed E-state index contributed by atoms with van der Waals surface area (Å²) in [5, 5.41) is 0. The number of ether oxygens (including phenoxy) is 1. The molecule has 148 valence electrons. The van der Waals surface area contributed by atoms with Crippen LogP contribution in [0.25, 0.3) is 0 Å². The summed E-state index contributed by atoms with van der Waals surface area (Å²) in [6.45, 7) is 1.52. The fourth-order valence-corrected chi connectivity index (χ4v) is 3.57. The van der Waals surface area contributed by atoms with Gasteiger partial charge in [0.05, 0.1) is 13.7 Å². The molecule has 1 aliphatic carbocycles. The number of methoxy groups -OCH3 is 1. The minimum atomic E-state index is -0.849. The van der Waals surface area contributed by atoms with E-state index < -0.39 is 17.8 Å². The Kier molecular flexibility index (Phi) is 5.92. The second-order valence-corrected chi connectivity index (χ2v) is 7.07. The van der Waals surface area contributed by atoms with E-state index in [2.05, 4.69) is 6.08 Å². The second kappa shape index (κ2) is 8.37. The third-order valence-electron chi connectivity index (χ3n) is 5.19. The highest BCUT2D eigenvalue weighted by Gasteiger charge is 2.44. The quantitative estimate of drug-likeness (QED) is 0.312. The number of amides is 4. The van der Waals surface area contributed by atoms with Crippen molar-refractivity contribution in [3.8, 4) is 5.75 Å². The molecule has 1 aromatic carbocycles. The summed E-state index contributed by atoms with van der Waals surface area (Å²) < 4.78 is 5.27. The maximum atomic E-state index is 12.7. The molecular weight excluding hydrogens is 360 g/mol. The van der Waals surface area contributed by atoms with E-state index in [0.717, 1.165) is 29.1 Å². The number of Topliss-reactive ketones (excluding diaryl/α,β-unsaturated/α-hetero) is 1. The highest BCUT2D eigenvalue weighted by Crippen LogP contribution is 2.26. The van der Waals surface area contributed by atoms with Crippen LogP contribution in [0.2, 0.25) is 0 Å². The molecule has 28 heavy (non-hydrogen) atoms. The molecule has 0 atom stereocenters. The van der Waals surface area contributed by atoms with Gasteiger partial charge in [-0.15, -0.1) is 0 Å². The zero-order valence-corrected chi connectivity index (χ0v) is 16.2. The Hall–Kier alpha value is -2.96. The van der Waals surface area contributed by atoms with Crippen LogP contribution in [0, 0.1) is 0 Å². The van der Waals surface area contributed by atoms with Gasteiger partial charge in [0.25, 0.3) is 0 Å². The van der Waals surface area contributed by atoms with Crippen LogP contribution >= 0.6 is 0 Å². The van der Waals surface area contributed by atoms with Gasteiger partial charge in [0, 0.05) is 17.7 Å². The fourth-order valence-electron chi connectivity index (χ4n) is 3.57. The largest absolute Gasteiger partial charge is 0.496 e. The average molecular weight is 384 g/mol. The SMILES string of the molecule is COc1ccc(C(C)=O)cc1CN1C(=O)C(=O)N(CCC2=CCCCC2)C1=O. The highest BCUT2D eigenvalue weighted by molar-refractivity contribution is 6.44. The Morgan fingerprint density at radius 2 is 1.86 bits per heavy atom. The monoisotopic (exact) mass is 384 g/mol. The molecule has 7 heteroatoms. The molecule has 4 amide bonds. The van der Waals surface area contributed by atoms with E-state index >= 15 is 0 Å². The Balaban J connectivity index is 1.76. The second-order valence-electron chi connectivity index (χ2n) is 7.07. The minimum absolute atomic E-state index is 0.118. The van der Waals surface area contributed by atoms with Crippen LogP contribution in [0.3, 0.4) is 0 Å². The van der Waals surface area contributed by atoms with Gasteiger partial charge in [-0.25, -0.2) is 4.79 Å². The third kappa shape index (κ3) is 3.98. The van der Waals surface area contributed by atoms with E-state index in [1.165, 1.54) is 26.0 Å². The molecule has 0 saturated carbocycles. The number of urea groups is 1. The van der Waals surface area contributed by atoms with Crippen molar-refractivity contribution >= 4 is 23.6 Å². The maximum absolute atomic E-state index is 12.7. The molecule has 0 radical (unpaired) electrons. The van der Waals surface area contributed by atoms with Crippen LogP contribution in [0.4, 0.5) is 4.79 Å². The van der Waals surface area contributed by atoms with Gasteiger partial charge in [0.15, 0.2) is 5.78 Å². The summed E-state index contributed by atoms with van der Waals surface area (Å²) in [6, 6.07) is 4.20. The third-order valence-corrected chi connectivity index (χ3v) is 5.19. The number of hydrogen-bond donors (Lipinski definition) is 0. The van der Waals surface area contributed by atoms with Gasteiger partial charge in [-0.2, -0.15) is 0 Å². The predicted octanol–water partition coefficient (Wildman–Crippen LogP) is 3.08. The van der Waals surface area contributed by atoms with Crippen LogP contribution < -0.4 is 4.74 Å². The smallest absolute Gasteiger partial charge is 0.334 e. The van der Waals surface area contributed by atoms with E-state index in [1.807, 2.05) is 0 Å². The molecule has 3 rings (SSSR count). The van der Waals surface area contributed by atoms with Crippen molar-refractivity contribution < 1.29 is 23.9 Å². The number of nitrogens with zero attached hydrogens (tertiary/aromatic N) is 2. The Morgan fingerprint density at radius 1 is 1.11 bits per heavy atom. The topological polar surface area (TPSA) is 84.0 Å². The summed E-state index contributed by atoms with van der Waals surface area (Å²) in [6.07, 6.45) is 7.04. The lowest BCUT2D eigenvalue weighted by atomic mass is 9.97. The summed E-state index contributed by atoms with van der Waals surface area (Å²) in [7, 11) is 1.47. The molecule has 0 aromatic heterocycles. The van der Waals surface area contributed by atoms with Crippen LogP contribution in [-0.4, -0.2) is 47.1 Å². The predicted molar refractivity (Wildman–Crippen MR) is 102 cm³/mol. The standard InChI is InChI=1S/C21H24N2O5/c1-14(24)16-8-9-18(28-2)17(12-16)13-23-20(26)19(25)22(21(23)27)11-10-15-6-4-3-5-7-15/h6,8-9,12H,3-5,7,10-11,13H2,1-2H3. The van der Waals surface area contributed by atoms with Crippen LogP contribution in [0.1, 0.15) is 54.9 Å². The molecule has 0 bridgehead atoms. The Morgan fingerprint density at radius 3 is 2.50 bits per heavy atom. The van der Waals surface area contributed by atoms with Gasteiger partial charge in [-0.1, -0.05) is 11.6 Å². The van der Waals surface area contributed by atoms with Gasteiger partial charge in [-0.3, -0.25) is 24.2 Å². The first-order valence-corrected chi connectivity index (χ1v) is 9.45. The van der Waals surface area contributed by atoms with Crippen molar-refractivity contribution in [2.45, 2.75) is 45.6 Å². The Bertz CT molecular complexity index is 858. The van der Waals surface area contributed by atoms with Crippen LogP contribution in [-0.2, 0) is 16.1 Å². The molecule has 0 spiro atoms. The molecule has 1 aromatic rings. The van der Waals surface area contributed by atoms with E-state index in [4.69, 9.17) is 4.74 Å². The number of carbonyl (C=O) groups excluding carboxylic acids is 4. The lowest BCUT2D eigenvalue weighted by molar-refractivity contribution is -0.143. The number of hydrogen-bond acceptors (Lipinski definition) is 5. The molecule has 2 aliphatic rings. The zero-order valence-electron chi connectivity index (χ0n) is 16.2.